The summed E-state index contributed by atoms with van der Waals surface area (Å²) in [6, 6.07) is 3.94. The molecule has 1 aliphatic heterocycles. The van der Waals surface area contributed by atoms with E-state index in [0.29, 0.717) is 0 Å². The van der Waals surface area contributed by atoms with Crippen LogP contribution in [0.3, 0.4) is 0 Å². The highest BCUT2D eigenvalue weighted by Gasteiger charge is 2.51. The highest BCUT2D eigenvalue weighted by Crippen LogP contribution is 2.47. The molecule has 2 N–H and O–H groups in total. The molecule has 1 atom stereocenters. The lowest BCUT2D eigenvalue weighted by Crippen LogP contribution is -2.41. The van der Waals surface area contributed by atoms with Gasteiger partial charge in [-0.25, -0.2) is 0 Å². The Morgan fingerprint density at radius 3 is 2.45 bits per heavy atom. The summed E-state index contributed by atoms with van der Waals surface area (Å²) in [5.74, 6) is -0.179. The first-order valence-electron chi connectivity index (χ1n) is 7.69. The molecule has 20 heavy (non-hydrogen) atoms. The van der Waals surface area contributed by atoms with Gasteiger partial charge in [-0.05, 0) is 37.8 Å². The highest BCUT2D eigenvalue weighted by molar-refractivity contribution is 6.06. The molecule has 1 fully saturated rings. The topological polar surface area (TPSA) is 49.3 Å². The third kappa shape index (κ3) is 1.87. The lowest BCUT2D eigenvalue weighted by atomic mass is 9.77. The van der Waals surface area contributed by atoms with Crippen molar-refractivity contribution in [2.45, 2.75) is 58.0 Å². The number of aryl methyl sites for hydroxylation is 1. The molecule has 0 radical (unpaired) electrons. The first kappa shape index (κ1) is 13.6. The largest absolute Gasteiger partial charge is 0.375 e. The third-order valence-corrected chi connectivity index (χ3v) is 5.18. The number of amides is 1. The second-order valence-corrected chi connectivity index (χ2v) is 6.34. The van der Waals surface area contributed by atoms with Gasteiger partial charge in [0.15, 0.2) is 5.60 Å². The number of aliphatic hydroxyl groups is 1. The van der Waals surface area contributed by atoms with Gasteiger partial charge in [0.05, 0.1) is 5.69 Å². The number of carbonyl (C=O) groups is 1. The van der Waals surface area contributed by atoms with Crippen LogP contribution >= 0.6 is 0 Å². The molecule has 0 bridgehead atoms. The molecule has 0 saturated heterocycles. The van der Waals surface area contributed by atoms with E-state index in [1.54, 1.807) is 0 Å². The van der Waals surface area contributed by atoms with Crippen LogP contribution in [0.1, 0.15) is 55.2 Å². The lowest BCUT2D eigenvalue weighted by Gasteiger charge is -2.30. The number of hydrogen-bond acceptors (Lipinski definition) is 2. The molecule has 2 aliphatic rings. The summed E-state index contributed by atoms with van der Waals surface area (Å²) in [5, 5.41) is 14.1. The molecule has 108 valence electrons. The van der Waals surface area contributed by atoms with Gasteiger partial charge in [-0.15, -0.1) is 0 Å². The fraction of sp³-hybridized carbons (Fsp3) is 0.588. The van der Waals surface area contributed by atoms with Crippen LogP contribution in [0, 0.1) is 19.8 Å². The standard InChI is InChI=1S/C17H23NO2/c1-11-9-10-14-15(12(11)2)18-16(19)17(14,20)13-7-5-3-4-6-8-13/h9-10,13,20H,3-8H2,1-2H3,(H,18,19). The van der Waals surface area contributed by atoms with Crippen LogP contribution in [0.5, 0.6) is 0 Å². The zero-order valence-corrected chi connectivity index (χ0v) is 12.3. The van der Waals surface area contributed by atoms with E-state index in [1.165, 1.54) is 12.8 Å². The van der Waals surface area contributed by atoms with E-state index in [2.05, 4.69) is 5.32 Å². The molecule has 1 amide bonds. The molecule has 0 spiro atoms. The van der Waals surface area contributed by atoms with E-state index in [-0.39, 0.29) is 11.8 Å². The Hall–Kier alpha value is -1.35. The van der Waals surface area contributed by atoms with Crippen molar-refractivity contribution >= 4 is 11.6 Å². The smallest absolute Gasteiger partial charge is 0.261 e. The van der Waals surface area contributed by atoms with Crippen LogP contribution in [0.15, 0.2) is 12.1 Å². The van der Waals surface area contributed by atoms with E-state index in [1.807, 2.05) is 26.0 Å². The monoisotopic (exact) mass is 273 g/mol. The number of benzene rings is 1. The number of fused-ring (bicyclic) bond motifs is 1. The van der Waals surface area contributed by atoms with Crippen LogP contribution in [0.25, 0.3) is 0 Å². The number of hydrogen-bond donors (Lipinski definition) is 2. The minimum absolute atomic E-state index is 0.0494. The van der Waals surface area contributed by atoms with Crippen molar-refractivity contribution in [3.05, 3.63) is 28.8 Å². The first-order chi connectivity index (χ1) is 9.55. The number of nitrogens with one attached hydrogen (secondary N) is 1. The van der Waals surface area contributed by atoms with Gasteiger partial charge in [-0.2, -0.15) is 0 Å². The summed E-state index contributed by atoms with van der Waals surface area (Å²) < 4.78 is 0. The zero-order chi connectivity index (χ0) is 14.3. The quantitative estimate of drug-likeness (QED) is 0.770. The predicted octanol–water partition coefficient (Wildman–Crippen LogP) is 3.41. The minimum Gasteiger partial charge on any atom is -0.375 e. The Bertz CT molecular complexity index is 544. The molecule has 3 nitrogen and oxygen atoms in total. The van der Waals surface area contributed by atoms with Crippen molar-refractivity contribution in [3.63, 3.8) is 0 Å². The SMILES string of the molecule is Cc1ccc2c(c1C)NC(=O)C2(O)C1CCCCCC1. The second kappa shape index (κ2) is 4.88. The normalized spacial score (nSPS) is 27.1. The molecule has 1 aliphatic carbocycles. The molecule has 1 aromatic rings. The molecule has 1 heterocycles. The van der Waals surface area contributed by atoms with E-state index < -0.39 is 5.60 Å². The van der Waals surface area contributed by atoms with Crippen molar-refractivity contribution in [2.24, 2.45) is 5.92 Å². The van der Waals surface area contributed by atoms with E-state index in [4.69, 9.17) is 0 Å². The summed E-state index contributed by atoms with van der Waals surface area (Å²) in [6.45, 7) is 4.04. The zero-order valence-electron chi connectivity index (χ0n) is 12.3. The number of anilines is 1. The van der Waals surface area contributed by atoms with Gasteiger partial charge in [-0.3, -0.25) is 4.79 Å². The van der Waals surface area contributed by atoms with Crippen LogP contribution < -0.4 is 5.32 Å². The van der Waals surface area contributed by atoms with Crippen LogP contribution in [-0.4, -0.2) is 11.0 Å². The van der Waals surface area contributed by atoms with E-state index >= 15 is 0 Å². The van der Waals surface area contributed by atoms with Gasteiger partial charge in [0.1, 0.15) is 0 Å². The van der Waals surface area contributed by atoms with Gasteiger partial charge in [0.2, 0.25) is 0 Å². The molecule has 1 aromatic carbocycles. The summed E-state index contributed by atoms with van der Waals surface area (Å²) in [7, 11) is 0. The van der Waals surface area contributed by atoms with E-state index in [0.717, 1.165) is 48.1 Å². The Kier molecular flexibility index (Phi) is 3.33. The Morgan fingerprint density at radius 1 is 1.15 bits per heavy atom. The molecular weight excluding hydrogens is 250 g/mol. The molecular formula is C17H23NO2. The van der Waals surface area contributed by atoms with Gasteiger partial charge in [0, 0.05) is 11.5 Å². The number of carbonyl (C=O) groups excluding carboxylic acids is 1. The van der Waals surface area contributed by atoms with Gasteiger partial charge < -0.3 is 10.4 Å². The summed E-state index contributed by atoms with van der Waals surface area (Å²) in [6.07, 6.45) is 6.54. The molecule has 1 saturated carbocycles. The summed E-state index contributed by atoms with van der Waals surface area (Å²) in [5.41, 5.74) is 2.52. The van der Waals surface area contributed by atoms with Crippen LogP contribution in [-0.2, 0) is 10.4 Å². The average molecular weight is 273 g/mol. The summed E-state index contributed by atoms with van der Waals surface area (Å²) in [4.78, 5) is 12.5. The Labute approximate surface area is 120 Å². The first-order valence-corrected chi connectivity index (χ1v) is 7.69. The van der Waals surface area contributed by atoms with Crippen LogP contribution in [0.2, 0.25) is 0 Å². The lowest BCUT2D eigenvalue weighted by molar-refractivity contribution is -0.140. The van der Waals surface area contributed by atoms with Gasteiger partial charge in [-0.1, -0.05) is 37.8 Å². The third-order valence-electron chi connectivity index (χ3n) is 5.18. The fourth-order valence-corrected chi connectivity index (χ4v) is 3.73. The van der Waals surface area contributed by atoms with Gasteiger partial charge in [0.25, 0.3) is 5.91 Å². The maximum Gasteiger partial charge on any atom is 0.261 e. The van der Waals surface area contributed by atoms with E-state index in [9.17, 15) is 9.90 Å². The maximum absolute atomic E-state index is 12.5. The minimum atomic E-state index is -1.32. The maximum atomic E-state index is 12.5. The average Bonchev–Trinajstić information content (AvgIpc) is 2.65. The van der Waals surface area contributed by atoms with Gasteiger partial charge >= 0.3 is 0 Å². The van der Waals surface area contributed by atoms with Crippen LogP contribution in [0.4, 0.5) is 5.69 Å². The second-order valence-electron chi connectivity index (χ2n) is 6.34. The number of rotatable bonds is 1. The van der Waals surface area contributed by atoms with Crippen molar-refractivity contribution in [1.29, 1.82) is 0 Å². The van der Waals surface area contributed by atoms with Crippen molar-refractivity contribution in [1.82, 2.24) is 0 Å². The Balaban J connectivity index is 2.06. The molecule has 3 heteroatoms. The van der Waals surface area contributed by atoms with Crippen molar-refractivity contribution in [3.8, 4) is 0 Å². The van der Waals surface area contributed by atoms with Crippen molar-refractivity contribution in [2.75, 3.05) is 5.32 Å². The predicted molar refractivity (Wildman–Crippen MR) is 79.6 cm³/mol. The summed E-state index contributed by atoms with van der Waals surface area (Å²) >= 11 is 0. The highest BCUT2D eigenvalue weighted by atomic mass is 16.3. The Morgan fingerprint density at radius 2 is 1.80 bits per heavy atom. The molecule has 1 unspecified atom stereocenters. The van der Waals surface area contributed by atoms with Crippen molar-refractivity contribution < 1.29 is 9.90 Å². The molecule has 3 rings (SSSR count). The molecule has 0 aromatic heterocycles. The fourth-order valence-electron chi connectivity index (χ4n) is 3.73.